The van der Waals surface area contributed by atoms with Gasteiger partial charge in [0, 0.05) is 28.1 Å². The van der Waals surface area contributed by atoms with Gasteiger partial charge in [-0.1, -0.05) is 25.7 Å². The van der Waals surface area contributed by atoms with E-state index in [0.29, 0.717) is 12.5 Å². The topological polar surface area (TPSA) is 49.3 Å². The fourth-order valence-electron chi connectivity index (χ4n) is 3.40. The lowest BCUT2D eigenvalue weighted by atomic mass is 9.94. The Morgan fingerprint density at radius 2 is 2.05 bits per heavy atom. The summed E-state index contributed by atoms with van der Waals surface area (Å²) in [4.78, 5) is 14.9. The van der Waals surface area contributed by atoms with E-state index in [1.807, 2.05) is 0 Å². The Balaban J connectivity index is 1.49. The zero-order chi connectivity index (χ0) is 14.9. The number of amides is 1. The summed E-state index contributed by atoms with van der Waals surface area (Å²) in [6, 6.07) is 4.28. The molecule has 4 heteroatoms. The summed E-state index contributed by atoms with van der Waals surface area (Å²) < 4.78 is 0. The van der Waals surface area contributed by atoms with Crippen LogP contribution in [0.4, 0.5) is 0 Å². The molecule has 0 aliphatic heterocycles. The maximum absolute atomic E-state index is 12.2. The lowest BCUT2D eigenvalue weighted by Gasteiger charge is -2.26. The molecular formula is C17H25NO2S. The fourth-order valence-corrected chi connectivity index (χ4v) is 4.45. The van der Waals surface area contributed by atoms with Crippen LogP contribution < -0.4 is 5.32 Å². The van der Waals surface area contributed by atoms with Crippen LogP contribution in [-0.4, -0.2) is 23.2 Å². The summed E-state index contributed by atoms with van der Waals surface area (Å²) in [5.74, 6) is 0.661. The van der Waals surface area contributed by atoms with Crippen LogP contribution in [0.2, 0.25) is 0 Å². The van der Waals surface area contributed by atoms with Gasteiger partial charge in [-0.2, -0.15) is 0 Å². The van der Waals surface area contributed by atoms with Crippen molar-refractivity contribution in [2.45, 2.75) is 63.4 Å². The van der Waals surface area contributed by atoms with Crippen LogP contribution in [0.25, 0.3) is 0 Å². The first-order valence-corrected chi connectivity index (χ1v) is 8.95. The van der Waals surface area contributed by atoms with E-state index in [1.54, 1.807) is 11.3 Å². The largest absolute Gasteiger partial charge is 0.388 e. The standard InChI is InChI=1S/C17H25NO2S/c1-12-6-7-15(21-12)13-10-14(13)16(19)18-11-17(20)8-4-2-3-5-9-17/h6-7,13-14,20H,2-5,8-11H2,1H3,(H,18,19). The number of carbonyl (C=O) groups is 1. The van der Waals surface area contributed by atoms with Gasteiger partial charge in [0.25, 0.3) is 0 Å². The van der Waals surface area contributed by atoms with Crippen LogP contribution in [0.3, 0.4) is 0 Å². The molecule has 2 saturated carbocycles. The van der Waals surface area contributed by atoms with E-state index in [4.69, 9.17) is 0 Å². The van der Waals surface area contributed by atoms with Gasteiger partial charge in [0.15, 0.2) is 0 Å². The van der Waals surface area contributed by atoms with E-state index in [1.165, 1.54) is 22.6 Å². The summed E-state index contributed by atoms with van der Waals surface area (Å²) >= 11 is 1.80. The number of hydrogen-bond donors (Lipinski definition) is 2. The monoisotopic (exact) mass is 307 g/mol. The number of rotatable bonds is 4. The van der Waals surface area contributed by atoms with E-state index in [-0.39, 0.29) is 11.8 Å². The maximum Gasteiger partial charge on any atom is 0.223 e. The minimum atomic E-state index is -0.671. The van der Waals surface area contributed by atoms with E-state index in [9.17, 15) is 9.90 Å². The molecule has 2 N–H and O–H groups in total. The normalized spacial score (nSPS) is 27.9. The Labute approximate surface area is 130 Å². The third-order valence-electron chi connectivity index (χ3n) is 4.88. The van der Waals surface area contributed by atoms with Gasteiger partial charge < -0.3 is 10.4 Å². The molecule has 0 saturated heterocycles. The predicted molar refractivity (Wildman–Crippen MR) is 85.6 cm³/mol. The average molecular weight is 307 g/mol. The first kappa shape index (κ1) is 15.0. The molecule has 1 amide bonds. The Bertz CT molecular complexity index is 503. The van der Waals surface area contributed by atoms with Crippen LogP contribution in [-0.2, 0) is 4.79 Å². The number of thiophene rings is 1. The van der Waals surface area contributed by atoms with Crippen LogP contribution >= 0.6 is 11.3 Å². The minimum absolute atomic E-state index is 0.123. The Morgan fingerprint density at radius 3 is 2.67 bits per heavy atom. The molecule has 3 rings (SSSR count). The summed E-state index contributed by atoms with van der Waals surface area (Å²) in [5, 5.41) is 13.6. The molecule has 1 aromatic heterocycles. The Kier molecular flexibility index (Phi) is 4.36. The summed E-state index contributed by atoms with van der Waals surface area (Å²) in [5.41, 5.74) is -0.671. The number of hydrogen-bond acceptors (Lipinski definition) is 3. The van der Waals surface area contributed by atoms with Gasteiger partial charge in [0.2, 0.25) is 5.91 Å². The van der Waals surface area contributed by atoms with Crippen molar-refractivity contribution in [3.63, 3.8) is 0 Å². The van der Waals surface area contributed by atoms with Crippen molar-refractivity contribution in [2.75, 3.05) is 6.54 Å². The first-order chi connectivity index (χ1) is 10.1. The number of aliphatic hydroxyl groups is 1. The van der Waals surface area contributed by atoms with Gasteiger partial charge in [-0.05, 0) is 38.3 Å². The molecule has 3 nitrogen and oxygen atoms in total. The van der Waals surface area contributed by atoms with Crippen LogP contribution in [0.15, 0.2) is 12.1 Å². The van der Waals surface area contributed by atoms with Crippen LogP contribution in [0.1, 0.15) is 60.6 Å². The van der Waals surface area contributed by atoms with Gasteiger partial charge in [-0.25, -0.2) is 0 Å². The Morgan fingerprint density at radius 1 is 1.33 bits per heavy atom. The molecule has 0 spiro atoms. The van der Waals surface area contributed by atoms with Crippen molar-refractivity contribution in [3.05, 3.63) is 21.9 Å². The van der Waals surface area contributed by atoms with Gasteiger partial charge in [-0.3, -0.25) is 4.79 Å². The summed E-state index contributed by atoms with van der Waals surface area (Å²) in [7, 11) is 0. The molecule has 2 unspecified atom stereocenters. The third kappa shape index (κ3) is 3.67. The van der Waals surface area contributed by atoms with E-state index < -0.39 is 5.60 Å². The van der Waals surface area contributed by atoms with Crippen LogP contribution in [0, 0.1) is 12.8 Å². The molecule has 2 aliphatic carbocycles. The van der Waals surface area contributed by atoms with Crippen LogP contribution in [0.5, 0.6) is 0 Å². The molecule has 0 aromatic carbocycles. The van der Waals surface area contributed by atoms with E-state index in [0.717, 1.165) is 32.1 Å². The molecule has 116 valence electrons. The molecule has 2 fully saturated rings. The SMILES string of the molecule is Cc1ccc(C2CC2C(=O)NCC2(O)CCCCCC2)s1. The van der Waals surface area contributed by atoms with Crippen molar-refractivity contribution in [2.24, 2.45) is 5.92 Å². The molecule has 1 heterocycles. The quantitative estimate of drug-likeness (QED) is 0.838. The van der Waals surface area contributed by atoms with Gasteiger partial charge in [0.05, 0.1) is 5.60 Å². The molecule has 1 aromatic rings. The zero-order valence-electron chi connectivity index (χ0n) is 12.7. The van der Waals surface area contributed by atoms with Gasteiger partial charge in [-0.15, -0.1) is 11.3 Å². The molecule has 0 radical (unpaired) electrons. The van der Waals surface area contributed by atoms with Crippen molar-refractivity contribution >= 4 is 17.2 Å². The second kappa shape index (κ2) is 6.09. The highest BCUT2D eigenvalue weighted by Gasteiger charge is 2.45. The fraction of sp³-hybridized carbons (Fsp3) is 0.706. The highest BCUT2D eigenvalue weighted by molar-refractivity contribution is 7.12. The number of aryl methyl sites for hydroxylation is 1. The van der Waals surface area contributed by atoms with E-state index >= 15 is 0 Å². The molecular weight excluding hydrogens is 282 g/mol. The van der Waals surface area contributed by atoms with E-state index in [2.05, 4.69) is 24.4 Å². The lowest BCUT2D eigenvalue weighted by Crippen LogP contribution is -2.43. The summed E-state index contributed by atoms with van der Waals surface area (Å²) in [6.07, 6.45) is 7.18. The number of carbonyl (C=O) groups excluding carboxylic acids is 1. The smallest absolute Gasteiger partial charge is 0.223 e. The predicted octanol–water partition coefficient (Wildman–Crippen LogP) is 3.36. The van der Waals surface area contributed by atoms with Crippen molar-refractivity contribution in [3.8, 4) is 0 Å². The second-order valence-electron chi connectivity index (χ2n) is 6.75. The summed E-state index contributed by atoms with van der Waals surface area (Å²) in [6.45, 7) is 2.53. The molecule has 2 aliphatic rings. The average Bonchev–Trinajstić information content (AvgIpc) is 3.19. The lowest BCUT2D eigenvalue weighted by molar-refractivity contribution is -0.123. The molecule has 2 atom stereocenters. The minimum Gasteiger partial charge on any atom is -0.388 e. The molecule has 0 bridgehead atoms. The van der Waals surface area contributed by atoms with Gasteiger partial charge >= 0.3 is 0 Å². The second-order valence-corrected chi connectivity index (χ2v) is 8.07. The zero-order valence-corrected chi connectivity index (χ0v) is 13.5. The van der Waals surface area contributed by atoms with Gasteiger partial charge in [0.1, 0.15) is 0 Å². The first-order valence-electron chi connectivity index (χ1n) is 8.14. The van der Waals surface area contributed by atoms with Crippen molar-refractivity contribution in [1.82, 2.24) is 5.32 Å². The maximum atomic E-state index is 12.2. The highest BCUT2D eigenvalue weighted by atomic mass is 32.1. The van der Waals surface area contributed by atoms with Crippen molar-refractivity contribution in [1.29, 1.82) is 0 Å². The number of nitrogens with one attached hydrogen (secondary N) is 1. The Hall–Kier alpha value is -0.870. The highest BCUT2D eigenvalue weighted by Crippen LogP contribution is 2.49. The molecule has 21 heavy (non-hydrogen) atoms. The van der Waals surface area contributed by atoms with Crippen molar-refractivity contribution < 1.29 is 9.90 Å². The third-order valence-corrected chi connectivity index (χ3v) is 6.01.